The number of hydrogen-bond acceptors (Lipinski definition) is 2. The highest BCUT2D eigenvalue weighted by Gasteiger charge is 2.23. The molecule has 6 heteroatoms. The topological polar surface area (TPSA) is 47.9 Å². The minimum Gasteiger partial charge on any atom is -0.347 e. The molecule has 1 N–H and O–H groups in total. The molecular formula is C19H29IN4O. The molecule has 2 heterocycles. The molecule has 0 radical (unpaired) electrons. The van der Waals surface area contributed by atoms with Crippen LogP contribution in [0.3, 0.4) is 0 Å². The molecule has 25 heavy (non-hydrogen) atoms. The van der Waals surface area contributed by atoms with E-state index < -0.39 is 0 Å². The summed E-state index contributed by atoms with van der Waals surface area (Å²) in [6, 6.07) is 8.22. The van der Waals surface area contributed by atoms with Crippen molar-refractivity contribution in [1.29, 1.82) is 0 Å². The molecule has 0 bridgehead atoms. The van der Waals surface area contributed by atoms with Gasteiger partial charge in [0.2, 0.25) is 5.91 Å². The number of aliphatic imine (C=N–C) groups is 1. The molecule has 0 saturated carbocycles. The van der Waals surface area contributed by atoms with Crippen molar-refractivity contribution < 1.29 is 4.79 Å². The standard InChI is InChI=1S/C19H28N4O.HI/c1-15-9-12-22(13-10-15)19(20-2)21-14-18(24)23-11-5-7-16-6-3-4-8-17(16)23;/h3-4,6,8,15H,5,7,9-14H2,1-2H3,(H,20,21);1H. The van der Waals surface area contributed by atoms with Crippen molar-refractivity contribution in [3.63, 3.8) is 0 Å². The third-order valence-electron chi connectivity index (χ3n) is 5.10. The normalized spacial score (nSPS) is 18.4. The molecular weight excluding hydrogens is 427 g/mol. The fraction of sp³-hybridized carbons (Fsp3) is 0.579. The lowest BCUT2D eigenvalue weighted by Crippen LogP contribution is -2.49. The lowest BCUT2D eigenvalue weighted by Gasteiger charge is -2.34. The highest BCUT2D eigenvalue weighted by atomic mass is 127. The molecule has 0 aliphatic carbocycles. The Morgan fingerprint density at radius 3 is 2.68 bits per heavy atom. The van der Waals surface area contributed by atoms with E-state index >= 15 is 0 Å². The van der Waals surface area contributed by atoms with Gasteiger partial charge in [0.15, 0.2) is 5.96 Å². The van der Waals surface area contributed by atoms with Crippen molar-refractivity contribution in [1.82, 2.24) is 10.2 Å². The summed E-state index contributed by atoms with van der Waals surface area (Å²) in [5.74, 6) is 1.75. The van der Waals surface area contributed by atoms with E-state index in [-0.39, 0.29) is 29.9 Å². The van der Waals surface area contributed by atoms with E-state index in [0.717, 1.165) is 50.0 Å². The lowest BCUT2D eigenvalue weighted by molar-refractivity contribution is -0.117. The molecule has 5 nitrogen and oxygen atoms in total. The van der Waals surface area contributed by atoms with E-state index in [1.807, 2.05) is 23.1 Å². The number of rotatable bonds is 2. The van der Waals surface area contributed by atoms with E-state index in [2.05, 4.69) is 28.2 Å². The van der Waals surface area contributed by atoms with Gasteiger partial charge in [-0.3, -0.25) is 9.79 Å². The van der Waals surface area contributed by atoms with Gasteiger partial charge in [0, 0.05) is 32.4 Å². The van der Waals surface area contributed by atoms with E-state index in [0.29, 0.717) is 6.54 Å². The zero-order valence-corrected chi connectivity index (χ0v) is 17.5. The average molecular weight is 456 g/mol. The van der Waals surface area contributed by atoms with Crippen LogP contribution in [0.5, 0.6) is 0 Å². The second kappa shape index (κ2) is 9.40. The van der Waals surface area contributed by atoms with Crippen molar-refractivity contribution >= 4 is 41.5 Å². The predicted octanol–water partition coefficient (Wildman–Crippen LogP) is 2.89. The summed E-state index contributed by atoms with van der Waals surface area (Å²) in [5.41, 5.74) is 2.34. The number of carbonyl (C=O) groups excluding carboxylic acids is 1. The van der Waals surface area contributed by atoms with Crippen molar-refractivity contribution in [3.05, 3.63) is 29.8 Å². The van der Waals surface area contributed by atoms with E-state index in [1.165, 1.54) is 18.4 Å². The first-order valence-electron chi connectivity index (χ1n) is 9.03. The number of amides is 1. The molecule has 0 spiro atoms. The number of hydrogen-bond donors (Lipinski definition) is 1. The minimum absolute atomic E-state index is 0. The molecule has 2 aliphatic heterocycles. The summed E-state index contributed by atoms with van der Waals surface area (Å²) in [6.45, 7) is 5.43. The van der Waals surface area contributed by atoms with Crippen LogP contribution in [0.4, 0.5) is 5.69 Å². The Labute approximate surface area is 167 Å². The Kier molecular flexibility index (Phi) is 7.53. The number of halogens is 1. The molecule has 1 aromatic carbocycles. The Bertz CT molecular complexity index is 611. The lowest BCUT2D eigenvalue weighted by atomic mass is 9.99. The smallest absolute Gasteiger partial charge is 0.246 e. The molecule has 2 aliphatic rings. The Hall–Kier alpha value is -1.31. The molecule has 0 aromatic heterocycles. The van der Waals surface area contributed by atoms with E-state index in [4.69, 9.17) is 0 Å². The SMILES string of the molecule is CN=C(NCC(=O)N1CCCc2ccccc21)N1CCC(C)CC1.I. The molecule has 1 fully saturated rings. The number of nitrogens with one attached hydrogen (secondary N) is 1. The van der Waals surface area contributed by atoms with Gasteiger partial charge in [0.05, 0.1) is 6.54 Å². The first kappa shape index (κ1) is 20.0. The van der Waals surface area contributed by atoms with Crippen LogP contribution in [-0.2, 0) is 11.2 Å². The molecule has 0 atom stereocenters. The monoisotopic (exact) mass is 456 g/mol. The van der Waals surface area contributed by atoms with Gasteiger partial charge >= 0.3 is 0 Å². The number of benzene rings is 1. The highest BCUT2D eigenvalue weighted by molar-refractivity contribution is 14.0. The van der Waals surface area contributed by atoms with Crippen LogP contribution in [0, 0.1) is 5.92 Å². The third-order valence-corrected chi connectivity index (χ3v) is 5.10. The summed E-state index contributed by atoms with van der Waals surface area (Å²) in [6.07, 6.45) is 4.46. The first-order chi connectivity index (χ1) is 11.7. The second-order valence-electron chi connectivity index (χ2n) is 6.85. The van der Waals surface area contributed by atoms with Gasteiger partial charge in [-0.05, 0) is 43.2 Å². The largest absolute Gasteiger partial charge is 0.347 e. The number of para-hydroxylation sites is 1. The van der Waals surface area contributed by atoms with Crippen LogP contribution in [0.25, 0.3) is 0 Å². The summed E-state index contributed by atoms with van der Waals surface area (Å²) in [4.78, 5) is 21.2. The molecule has 138 valence electrons. The quantitative estimate of drug-likeness (QED) is 0.423. The molecule has 3 rings (SSSR count). The zero-order valence-electron chi connectivity index (χ0n) is 15.2. The number of likely N-dealkylation sites (tertiary alicyclic amines) is 1. The van der Waals surface area contributed by atoms with Crippen LogP contribution in [0.15, 0.2) is 29.3 Å². The molecule has 1 aromatic rings. The highest BCUT2D eigenvalue weighted by Crippen LogP contribution is 2.26. The molecule has 1 saturated heterocycles. The molecule has 1 amide bonds. The van der Waals surface area contributed by atoms with E-state index in [9.17, 15) is 4.79 Å². The van der Waals surface area contributed by atoms with Crippen LogP contribution in [-0.4, -0.2) is 50.0 Å². The van der Waals surface area contributed by atoms with Gasteiger partial charge in [-0.15, -0.1) is 24.0 Å². The van der Waals surface area contributed by atoms with Crippen molar-refractivity contribution in [2.45, 2.75) is 32.6 Å². The van der Waals surface area contributed by atoms with Gasteiger partial charge in [0.25, 0.3) is 0 Å². The summed E-state index contributed by atoms with van der Waals surface area (Å²) < 4.78 is 0. The maximum absolute atomic E-state index is 12.7. The average Bonchev–Trinajstić information content (AvgIpc) is 2.63. The van der Waals surface area contributed by atoms with Gasteiger partial charge in [-0.1, -0.05) is 25.1 Å². The summed E-state index contributed by atoms with van der Waals surface area (Å²) in [7, 11) is 1.79. The zero-order chi connectivity index (χ0) is 16.9. The van der Waals surface area contributed by atoms with Crippen molar-refractivity contribution in [2.75, 3.05) is 38.1 Å². The van der Waals surface area contributed by atoms with Gasteiger partial charge in [0.1, 0.15) is 0 Å². The van der Waals surface area contributed by atoms with Crippen LogP contribution >= 0.6 is 24.0 Å². The fourth-order valence-corrected chi connectivity index (χ4v) is 3.60. The van der Waals surface area contributed by atoms with Gasteiger partial charge in [-0.2, -0.15) is 0 Å². The second-order valence-corrected chi connectivity index (χ2v) is 6.85. The number of carbonyl (C=O) groups is 1. The van der Waals surface area contributed by atoms with Gasteiger partial charge < -0.3 is 15.1 Å². The summed E-state index contributed by atoms with van der Waals surface area (Å²) in [5, 5.41) is 3.27. The third kappa shape index (κ3) is 4.86. The Morgan fingerprint density at radius 2 is 1.96 bits per heavy atom. The van der Waals surface area contributed by atoms with Crippen molar-refractivity contribution in [3.8, 4) is 0 Å². The number of fused-ring (bicyclic) bond motifs is 1. The van der Waals surface area contributed by atoms with Crippen LogP contribution < -0.4 is 10.2 Å². The molecule has 0 unspecified atom stereocenters. The number of guanidine groups is 1. The maximum atomic E-state index is 12.7. The number of anilines is 1. The van der Waals surface area contributed by atoms with Crippen LogP contribution in [0.1, 0.15) is 31.7 Å². The number of aryl methyl sites for hydroxylation is 1. The summed E-state index contributed by atoms with van der Waals surface area (Å²) >= 11 is 0. The van der Waals surface area contributed by atoms with Crippen LogP contribution in [0.2, 0.25) is 0 Å². The number of nitrogens with zero attached hydrogens (tertiary/aromatic N) is 3. The van der Waals surface area contributed by atoms with Crippen molar-refractivity contribution in [2.24, 2.45) is 10.9 Å². The van der Waals surface area contributed by atoms with E-state index in [1.54, 1.807) is 7.05 Å². The fourth-order valence-electron chi connectivity index (χ4n) is 3.60. The Balaban J connectivity index is 0.00000225. The predicted molar refractivity (Wildman–Crippen MR) is 114 cm³/mol. The number of piperidine rings is 1. The first-order valence-corrected chi connectivity index (χ1v) is 9.03. The maximum Gasteiger partial charge on any atom is 0.246 e. The minimum atomic E-state index is 0. The van der Waals surface area contributed by atoms with Gasteiger partial charge in [-0.25, -0.2) is 0 Å². The Morgan fingerprint density at radius 1 is 1.24 bits per heavy atom.